The summed E-state index contributed by atoms with van der Waals surface area (Å²) in [5.41, 5.74) is 2.76. The molecule has 2 aliphatic heterocycles. The standard InChI is InChI=1S/C25H32FN5O2/c26-20-9-3-4-10-22(20)31-21-11-7-8-19(21)24(27-31)25(33)30-16-14-28(15-17-30)18-23(32)29-12-5-1-2-6-13-29/h3-4,9-10H,1-2,5-8,11-18H2. The number of carbonyl (C=O) groups is 2. The van der Waals surface area contributed by atoms with E-state index >= 15 is 0 Å². The molecule has 2 saturated heterocycles. The molecule has 5 rings (SSSR count). The largest absolute Gasteiger partial charge is 0.342 e. The first-order valence-electron chi connectivity index (χ1n) is 12.3. The van der Waals surface area contributed by atoms with E-state index < -0.39 is 0 Å². The number of carbonyl (C=O) groups excluding carboxylic acids is 2. The lowest BCUT2D eigenvalue weighted by atomic mass is 10.1. The third-order valence-electron chi connectivity index (χ3n) is 7.19. The van der Waals surface area contributed by atoms with E-state index in [1.54, 1.807) is 22.9 Å². The minimum Gasteiger partial charge on any atom is -0.342 e. The van der Waals surface area contributed by atoms with E-state index in [0.29, 0.717) is 44.1 Å². The van der Waals surface area contributed by atoms with Gasteiger partial charge < -0.3 is 9.80 Å². The van der Waals surface area contributed by atoms with Crippen LogP contribution in [0.3, 0.4) is 0 Å². The predicted octanol–water partition coefficient (Wildman–Crippen LogP) is 2.66. The normalized spacial score (nSPS) is 19.4. The summed E-state index contributed by atoms with van der Waals surface area (Å²) >= 11 is 0. The van der Waals surface area contributed by atoms with Gasteiger partial charge in [0, 0.05) is 50.5 Å². The van der Waals surface area contributed by atoms with Crippen molar-refractivity contribution < 1.29 is 14.0 Å². The van der Waals surface area contributed by atoms with Crippen molar-refractivity contribution in [1.82, 2.24) is 24.5 Å². The van der Waals surface area contributed by atoms with Crippen LogP contribution in [-0.4, -0.2) is 82.1 Å². The fourth-order valence-corrected chi connectivity index (χ4v) is 5.30. The third-order valence-corrected chi connectivity index (χ3v) is 7.19. The van der Waals surface area contributed by atoms with E-state index in [1.807, 2.05) is 9.80 Å². The van der Waals surface area contributed by atoms with Crippen LogP contribution in [0.2, 0.25) is 0 Å². The van der Waals surface area contributed by atoms with Crippen LogP contribution >= 0.6 is 0 Å². The Balaban J connectivity index is 1.24. The molecular weight excluding hydrogens is 421 g/mol. The number of rotatable bonds is 4. The fraction of sp³-hybridized carbons (Fsp3) is 0.560. The van der Waals surface area contributed by atoms with Crippen LogP contribution < -0.4 is 0 Å². The topological polar surface area (TPSA) is 61.7 Å². The highest BCUT2D eigenvalue weighted by Gasteiger charge is 2.32. The van der Waals surface area contributed by atoms with Gasteiger partial charge in [-0.15, -0.1) is 0 Å². The van der Waals surface area contributed by atoms with Gasteiger partial charge in [0.15, 0.2) is 5.69 Å². The summed E-state index contributed by atoms with van der Waals surface area (Å²) in [6.45, 7) is 4.68. The van der Waals surface area contributed by atoms with Crippen molar-refractivity contribution in [3.63, 3.8) is 0 Å². The van der Waals surface area contributed by atoms with Crippen LogP contribution in [0.25, 0.3) is 5.69 Å². The van der Waals surface area contributed by atoms with Crippen molar-refractivity contribution in [2.24, 2.45) is 0 Å². The van der Waals surface area contributed by atoms with Gasteiger partial charge in [0.05, 0.1) is 6.54 Å². The van der Waals surface area contributed by atoms with Crippen LogP contribution in [0.4, 0.5) is 4.39 Å². The van der Waals surface area contributed by atoms with E-state index in [9.17, 15) is 14.0 Å². The highest BCUT2D eigenvalue weighted by atomic mass is 19.1. The number of fused-ring (bicyclic) bond motifs is 1. The van der Waals surface area contributed by atoms with Gasteiger partial charge >= 0.3 is 0 Å². The van der Waals surface area contributed by atoms with Crippen molar-refractivity contribution >= 4 is 11.8 Å². The minimum absolute atomic E-state index is 0.0817. The van der Waals surface area contributed by atoms with Crippen molar-refractivity contribution in [3.05, 3.63) is 47.0 Å². The summed E-state index contributed by atoms with van der Waals surface area (Å²) in [7, 11) is 0. The molecule has 33 heavy (non-hydrogen) atoms. The lowest BCUT2D eigenvalue weighted by Gasteiger charge is -2.35. The highest BCUT2D eigenvalue weighted by Crippen LogP contribution is 2.29. The molecule has 0 unspecified atom stereocenters. The molecule has 1 aromatic carbocycles. The predicted molar refractivity (Wildman–Crippen MR) is 123 cm³/mol. The van der Waals surface area contributed by atoms with E-state index in [4.69, 9.17) is 0 Å². The molecule has 8 heteroatoms. The molecule has 2 amide bonds. The molecule has 0 N–H and O–H groups in total. The van der Waals surface area contributed by atoms with Gasteiger partial charge in [0.2, 0.25) is 5.91 Å². The van der Waals surface area contributed by atoms with Gasteiger partial charge in [-0.1, -0.05) is 25.0 Å². The second-order valence-electron chi connectivity index (χ2n) is 9.35. The summed E-state index contributed by atoms with van der Waals surface area (Å²) in [5.74, 6) is -0.212. The van der Waals surface area contributed by atoms with Crippen molar-refractivity contribution in [2.45, 2.75) is 44.9 Å². The summed E-state index contributed by atoms with van der Waals surface area (Å²) in [4.78, 5) is 32.1. The van der Waals surface area contributed by atoms with E-state index in [1.165, 1.54) is 18.9 Å². The summed E-state index contributed by atoms with van der Waals surface area (Å²) in [6, 6.07) is 6.57. The van der Waals surface area contributed by atoms with E-state index in [-0.39, 0.29) is 17.6 Å². The average Bonchev–Trinajstić information content (AvgIpc) is 3.33. The number of nitrogens with zero attached hydrogens (tertiary/aromatic N) is 5. The van der Waals surface area contributed by atoms with Crippen molar-refractivity contribution in [1.29, 1.82) is 0 Å². The molecule has 3 heterocycles. The quantitative estimate of drug-likeness (QED) is 0.714. The number of aromatic nitrogens is 2. The Hall–Kier alpha value is -2.74. The summed E-state index contributed by atoms with van der Waals surface area (Å²) in [5, 5.41) is 4.59. The number of likely N-dealkylation sites (tertiary alicyclic amines) is 1. The van der Waals surface area contributed by atoms with Crippen LogP contribution in [-0.2, 0) is 17.6 Å². The molecule has 0 saturated carbocycles. The van der Waals surface area contributed by atoms with Gasteiger partial charge in [-0.2, -0.15) is 5.10 Å². The monoisotopic (exact) mass is 453 g/mol. The van der Waals surface area contributed by atoms with E-state index in [0.717, 1.165) is 56.5 Å². The third kappa shape index (κ3) is 4.53. The zero-order valence-electron chi connectivity index (χ0n) is 19.1. The van der Waals surface area contributed by atoms with Gasteiger partial charge in [0.1, 0.15) is 11.5 Å². The van der Waals surface area contributed by atoms with E-state index in [2.05, 4.69) is 10.00 Å². The highest BCUT2D eigenvalue weighted by molar-refractivity contribution is 5.94. The fourth-order valence-electron chi connectivity index (χ4n) is 5.30. The maximum Gasteiger partial charge on any atom is 0.274 e. The van der Waals surface area contributed by atoms with Gasteiger partial charge in [0.25, 0.3) is 5.91 Å². The molecule has 0 atom stereocenters. The number of hydrogen-bond donors (Lipinski definition) is 0. The molecule has 1 aromatic heterocycles. The Bertz CT molecular complexity index is 1020. The van der Waals surface area contributed by atoms with Crippen molar-refractivity contribution in [3.8, 4) is 5.69 Å². The minimum atomic E-state index is -0.337. The molecule has 176 valence electrons. The van der Waals surface area contributed by atoms with Crippen molar-refractivity contribution in [2.75, 3.05) is 45.8 Å². The van der Waals surface area contributed by atoms with Gasteiger partial charge in [-0.3, -0.25) is 14.5 Å². The Morgan fingerprint density at radius 1 is 0.848 bits per heavy atom. The number of amides is 2. The Morgan fingerprint density at radius 2 is 1.58 bits per heavy atom. The van der Waals surface area contributed by atoms with Gasteiger partial charge in [-0.05, 0) is 44.2 Å². The molecule has 0 spiro atoms. The number of halogens is 1. The Labute approximate surface area is 194 Å². The first-order chi connectivity index (χ1) is 16.1. The zero-order valence-corrected chi connectivity index (χ0v) is 19.1. The summed E-state index contributed by atoms with van der Waals surface area (Å²) in [6.07, 6.45) is 7.16. The molecule has 0 bridgehead atoms. The maximum absolute atomic E-state index is 14.4. The Morgan fingerprint density at radius 3 is 2.30 bits per heavy atom. The van der Waals surface area contributed by atoms with Crippen LogP contribution in [0.5, 0.6) is 0 Å². The van der Waals surface area contributed by atoms with Gasteiger partial charge in [-0.25, -0.2) is 9.07 Å². The molecule has 2 aromatic rings. The maximum atomic E-state index is 14.4. The summed E-state index contributed by atoms with van der Waals surface area (Å²) < 4.78 is 16.0. The Kier molecular flexibility index (Phi) is 6.44. The average molecular weight is 454 g/mol. The second-order valence-corrected chi connectivity index (χ2v) is 9.35. The first kappa shape index (κ1) is 22.1. The lowest BCUT2D eigenvalue weighted by molar-refractivity contribution is -0.132. The SMILES string of the molecule is O=C(CN1CCN(C(=O)c2nn(-c3ccccc3F)c3c2CCC3)CC1)N1CCCCCC1. The molecule has 0 radical (unpaired) electrons. The first-order valence-corrected chi connectivity index (χ1v) is 12.3. The molecule has 1 aliphatic carbocycles. The molecule has 3 aliphatic rings. The van der Waals surface area contributed by atoms with Crippen LogP contribution in [0, 0.1) is 5.82 Å². The number of piperazine rings is 1. The zero-order chi connectivity index (χ0) is 22.8. The molecular formula is C25H32FN5O2. The smallest absolute Gasteiger partial charge is 0.274 e. The number of benzene rings is 1. The molecule has 7 nitrogen and oxygen atoms in total. The number of para-hydroxylation sites is 1. The molecule has 2 fully saturated rings. The van der Waals surface area contributed by atoms with Crippen LogP contribution in [0.1, 0.15) is 53.8 Å². The number of hydrogen-bond acceptors (Lipinski definition) is 4. The lowest BCUT2D eigenvalue weighted by Crippen LogP contribution is -2.51. The van der Waals surface area contributed by atoms with Crippen LogP contribution in [0.15, 0.2) is 24.3 Å². The second kappa shape index (κ2) is 9.63.